The zero-order valence-corrected chi connectivity index (χ0v) is 17.0. The van der Waals surface area contributed by atoms with Gasteiger partial charge in [-0.1, -0.05) is 35.9 Å². The van der Waals surface area contributed by atoms with Crippen molar-refractivity contribution in [3.05, 3.63) is 76.4 Å². The van der Waals surface area contributed by atoms with Crippen LogP contribution >= 0.6 is 11.6 Å². The minimum absolute atomic E-state index is 0.0581. The molecule has 0 bridgehead atoms. The number of carbonyl (C=O) groups excluding carboxylic acids is 1. The summed E-state index contributed by atoms with van der Waals surface area (Å²) >= 11 is 6.25. The maximum Gasteiger partial charge on any atom is 0.239 e. The van der Waals surface area contributed by atoms with E-state index < -0.39 is 0 Å². The molecule has 1 aliphatic rings. The number of nitrogens with zero attached hydrogens (tertiary/aromatic N) is 3. The fraction of sp³-hybridized carbons (Fsp3) is 0.273. The lowest BCUT2D eigenvalue weighted by Crippen LogP contribution is -2.37. The smallest absolute Gasteiger partial charge is 0.239 e. The highest BCUT2D eigenvalue weighted by atomic mass is 35.5. The lowest BCUT2D eigenvalue weighted by molar-refractivity contribution is -0.117. The van der Waals surface area contributed by atoms with Crippen LogP contribution in [0.25, 0.3) is 0 Å². The van der Waals surface area contributed by atoms with Gasteiger partial charge in [0.05, 0.1) is 26.4 Å². The van der Waals surface area contributed by atoms with Crippen LogP contribution in [0.2, 0.25) is 5.02 Å². The number of carbonyl (C=O) groups is 1. The first kappa shape index (κ1) is 19.5. The van der Waals surface area contributed by atoms with E-state index in [9.17, 15) is 4.79 Å². The summed E-state index contributed by atoms with van der Waals surface area (Å²) in [5.41, 5.74) is 3.49. The topological polar surface area (TPSA) is 59.4 Å². The third-order valence-electron chi connectivity index (χ3n) is 5.13. The van der Waals surface area contributed by atoms with Gasteiger partial charge in [0, 0.05) is 24.2 Å². The maximum atomic E-state index is 12.6. The average Bonchev–Trinajstić information content (AvgIpc) is 3.15. The molecule has 4 rings (SSSR count). The highest BCUT2D eigenvalue weighted by Gasteiger charge is 2.19. The van der Waals surface area contributed by atoms with Crippen LogP contribution in [0.15, 0.2) is 54.7 Å². The second-order valence-electron chi connectivity index (χ2n) is 7.11. The number of methoxy groups -OCH3 is 1. The molecular formula is C22H23ClN4O2. The first-order valence-electron chi connectivity index (χ1n) is 9.55. The van der Waals surface area contributed by atoms with E-state index >= 15 is 0 Å². The molecule has 0 fully saturated rings. The first-order chi connectivity index (χ1) is 14.1. The number of aromatic nitrogens is 2. The Hall–Kier alpha value is -2.83. The zero-order valence-electron chi connectivity index (χ0n) is 16.3. The molecule has 3 aromatic rings. The number of fused-ring (bicyclic) bond motifs is 1. The molecule has 0 saturated carbocycles. The van der Waals surface area contributed by atoms with E-state index in [1.165, 1.54) is 11.1 Å². The van der Waals surface area contributed by atoms with Crippen LogP contribution in [0.1, 0.15) is 16.7 Å². The number of halogens is 1. The molecule has 150 valence electrons. The van der Waals surface area contributed by atoms with Crippen LogP contribution < -0.4 is 10.1 Å². The number of rotatable bonds is 6. The Morgan fingerprint density at radius 3 is 2.90 bits per heavy atom. The molecule has 1 amide bonds. The van der Waals surface area contributed by atoms with Crippen molar-refractivity contribution in [2.75, 3.05) is 25.5 Å². The van der Waals surface area contributed by atoms with E-state index in [4.69, 9.17) is 16.3 Å². The van der Waals surface area contributed by atoms with Crippen molar-refractivity contribution in [2.24, 2.45) is 0 Å². The van der Waals surface area contributed by atoms with Gasteiger partial charge >= 0.3 is 0 Å². The summed E-state index contributed by atoms with van der Waals surface area (Å²) in [5, 5.41) is 7.98. The van der Waals surface area contributed by atoms with Crippen molar-refractivity contribution < 1.29 is 9.53 Å². The van der Waals surface area contributed by atoms with Crippen LogP contribution in [0.5, 0.6) is 5.75 Å². The third-order valence-corrected chi connectivity index (χ3v) is 5.50. The lowest BCUT2D eigenvalue weighted by Gasteiger charge is -2.28. The summed E-state index contributed by atoms with van der Waals surface area (Å²) in [5.74, 6) is 1.45. The van der Waals surface area contributed by atoms with Crippen LogP contribution in [0.3, 0.4) is 0 Å². The van der Waals surface area contributed by atoms with Crippen LogP contribution in [0, 0.1) is 0 Å². The summed E-state index contributed by atoms with van der Waals surface area (Å²) in [6, 6.07) is 15.6. The van der Waals surface area contributed by atoms with E-state index in [0.29, 0.717) is 23.9 Å². The Kier molecular flexibility index (Phi) is 5.83. The molecular weight excluding hydrogens is 388 g/mol. The number of hydrogen-bond donors (Lipinski definition) is 1. The van der Waals surface area contributed by atoms with Gasteiger partial charge in [0.2, 0.25) is 5.91 Å². The Morgan fingerprint density at radius 1 is 1.21 bits per heavy atom. The van der Waals surface area contributed by atoms with Crippen molar-refractivity contribution in [1.29, 1.82) is 0 Å². The van der Waals surface area contributed by atoms with Gasteiger partial charge in [-0.25, -0.2) is 4.68 Å². The molecule has 0 spiro atoms. The van der Waals surface area contributed by atoms with Crippen LogP contribution in [-0.4, -0.2) is 40.8 Å². The Bertz CT molecular complexity index is 1020. The maximum absolute atomic E-state index is 12.6. The Labute approximate surface area is 175 Å². The van der Waals surface area contributed by atoms with E-state index in [1.807, 2.05) is 30.3 Å². The zero-order chi connectivity index (χ0) is 20.2. The summed E-state index contributed by atoms with van der Waals surface area (Å²) in [6.45, 7) is 2.41. The van der Waals surface area contributed by atoms with Crippen molar-refractivity contribution in [2.45, 2.75) is 19.5 Å². The standard InChI is InChI=1S/C22H23ClN4O2/c1-29-19-7-6-16-9-11-26(13-18(16)12-19)15-22(28)25-21-8-10-24-27(21)14-17-4-2-3-5-20(17)23/h2-8,10,12H,9,11,13-15H2,1H3,(H,25,28). The molecule has 0 saturated heterocycles. The van der Waals surface area contributed by atoms with E-state index in [0.717, 1.165) is 30.8 Å². The van der Waals surface area contributed by atoms with Gasteiger partial charge in [-0.15, -0.1) is 0 Å². The SMILES string of the molecule is COc1ccc2c(c1)CN(CC(=O)Nc1ccnn1Cc1ccccc1Cl)CC2. The van der Waals surface area contributed by atoms with Gasteiger partial charge in [0.1, 0.15) is 11.6 Å². The summed E-state index contributed by atoms with van der Waals surface area (Å²) < 4.78 is 7.07. The molecule has 1 N–H and O–H groups in total. The molecule has 29 heavy (non-hydrogen) atoms. The summed E-state index contributed by atoms with van der Waals surface area (Å²) in [6.07, 6.45) is 2.60. The van der Waals surface area contributed by atoms with Gasteiger partial charge in [-0.05, 0) is 41.3 Å². The molecule has 2 heterocycles. The van der Waals surface area contributed by atoms with Crippen molar-refractivity contribution in [3.8, 4) is 5.75 Å². The number of hydrogen-bond acceptors (Lipinski definition) is 4. The molecule has 0 unspecified atom stereocenters. The van der Waals surface area contributed by atoms with Gasteiger partial charge in [0.25, 0.3) is 0 Å². The molecule has 6 nitrogen and oxygen atoms in total. The van der Waals surface area contributed by atoms with Crippen LogP contribution in [0.4, 0.5) is 5.82 Å². The highest BCUT2D eigenvalue weighted by molar-refractivity contribution is 6.31. The summed E-state index contributed by atoms with van der Waals surface area (Å²) in [7, 11) is 1.67. The molecule has 7 heteroatoms. The van der Waals surface area contributed by atoms with Crippen molar-refractivity contribution in [1.82, 2.24) is 14.7 Å². The quantitative estimate of drug-likeness (QED) is 0.674. The van der Waals surface area contributed by atoms with Crippen molar-refractivity contribution in [3.63, 3.8) is 0 Å². The van der Waals surface area contributed by atoms with Crippen molar-refractivity contribution >= 4 is 23.3 Å². The number of amides is 1. The van der Waals surface area contributed by atoms with E-state index in [-0.39, 0.29) is 5.91 Å². The van der Waals surface area contributed by atoms with Gasteiger partial charge < -0.3 is 10.1 Å². The number of benzene rings is 2. The largest absolute Gasteiger partial charge is 0.497 e. The van der Waals surface area contributed by atoms with Crippen LogP contribution in [-0.2, 0) is 24.3 Å². The van der Waals surface area contributed by atoms with Gasteiger partial charge in [0.15, 0.2) is 0 Å². The molecule has 1 aliphatic heterocycles. The molecule has 0 radical (unpaired) electrons. The van der Waals surface area contributed by atoms with Gasteiger partial charge in [-0.3, -0.25) is 9.69 Å². The number of ether oxygens (including phenoxy) is 1. The highest BCUT2D eigenvalue weighted by Crippen LogP contribution is 2.24. The predicted molar refractivity (Wildman–Crippen MR) is 113 cm³/mol. The van der Waals surface area contributed by atoms with Gasteiger partial charge in [-0.2, -0.15) is 5.10 Å². The minimum Gasteiger partial charge on any atom is -0.497 e. The molecule has 0 aliphatic carbocycles. The minimum atomic E-state index is -0.0581. The fourth-order valence-electron chi connectivity index (χ4n) is 3.59. The monoisotopic (exact) mass is 410 g/mol. The average molecular weight is 411 g/mol. The number of nitrogens with one attached hydrogen (secondary N) is 1. The lowest BCUT2D eigenvalue weighted by atomic mass is 9.99. The second-order valence-corrected chi connectivity index (χ2v) is 7.52. The fourth-order valence-corrected chi connectivity index (χ4v) is 3.79. The Balaban J connectivity index is 1.38. The van der Waals surface area contributed by atoms with E-state index in [1.54, 1.807) is 24.1 Å². The predicted octanol–water partition coefficient (Wildman–Crippen LogP) is 3.59. The third kappa shape index (κ3) is 4.60. The molecule has 2 aromatic carbocycles. The second kappa shape index (κ2) is 8.68. The molecule has 1 aromatic heterocycles. The summed E-state index contributed by atoms with van der Waals surface area (Å²) in [4.78, 5) is 14.8. The normalized spacial score (nSPS) is 13.7. The van der Waals surface area contributed by atoms with E-state index in [2.05, 4.69) is 27.4 Å². The molecule has 0 atom stereocenters. The first-order valence-corrected chi connectivity index (χ1v) is 9.93. The number of anilines is 1. The Morgan fingerprint density at radius 2 is 2.07 bits per heavy atom.